The van der Waals surface area contributed by atoms with Gasteiger partial charge in [0.1, 0.15) is 12.4 Å². The van der Waals surface area contributed by atoms with Crippen molar-refractivity contribution in [3.05, 3.63) is 76.4 Å². The summed E-state index contributed by atoms with van der Waals surface area (Å²) in [6, 6.07) is 17.6. The van der Waals surface area contributed by atoms with Crippen LogP contribution in [0.3, 0.4) is 0 Å². The van der Waals surface area contributed by atoms with Crippen molar-refractivity contribution in [1.29, 1.82) is 0 Å². The summed E-state index contributed by atoms with van der Waals surface area (Å²) in [7, 11) is 1.64. The molecule has 1 aromatic heterocycles. The van der Waals surface area contributed by atoms with Crippen molar-refractivity contribution in [2.45, 2.75) is 13.2 Å². The molecule has 0 fully saturated rings. The van der Waals surface area contributed by atoms with Crippen molar-refractivity contribution >= 4 is 21.7 Å². The lowest BCUT2D eigenvalue weighted by atomic mass is 10.2. The molecule has 25 heavy (non-hydrogen) atoms. The normalized spacial score (nSPS) is 10.3. The molecule has 0 aliphatic heterocycles. The van der Waals surface area contributed by atoms with Crippen LogP contribution in [0.15, 0.2) is 65.3 Å². The summed E-state index contributed by atoms with van der Waals surface area (Å²) < 4.78 is 12.4. The summed E-state index contributed by atoms with van der Waals surface area (Å²) in [5.41, 5.74) is 2.16. The molecule has 0 saturated heterocycles. The molecular formula is C19H18BrN3O2. The number of hydrogen-bond donors (Lipinski definition) is 1. The highest BCUT2D eigenvalue weighted by molar-refractivity contribution is 9.10. The minimum atomic E-state index is 0.487. The van der Waals surface area contributed by atoms with Gasteiger partial charge in [0.05, 0.1) is 7.11 Å². The lowest BCUT2D eigenvalue weighted by molar-refractivity contribution is 0.284. The summed E-state index contributed by atoms with van der Waals surface area (Å²) in [6.45, 7) is 1.11. The number of methoxy groups -OCH3 is 1. The van der Waals surface area contributed by atoms with Gasteiger partial charge in [-0.05, 0) is 47.5 Å². The predicted octanol–water partition coefficient (Wildman–Crippen LogP) is 4.44. The minimum absolute atomic E-state index is 0.487. The molecule has 3 rings (SSSR count). The molecule has 0 radical (unpaired) electrons. The highest BCUT2D eigenvalue weighted by atomic mass is 79.9. The summed E-state index contributed by atoms with van der Waals surface area (Å²) in [5, 5.41) is 11.1. The van der Waals surface area contributed by atoms with E-state index in [0.717, 1.165) is 21.4 Å². The molecule has 2 aromatic carbocycles. The van der Waals surface area contributed by atoms with Crippen LogP contribution in [0, 0.1) is 0 Å². The number of aromatic nitrogens is 2. The number of nitrogens with zero attached hydrogens (tertiary/aromatic N) is 2. The quantitative estimate of drug-likeness (QED) is 0.636. The Morgan fingerprint density at radius 3 is 2.52 bits per heavy atom. The lowest BCUT2D eigenvalue weighted by Crippen LogP contribution is -2.03. The maximum absolute atomic E-state index is 5.89. The molecule has 5 nitrogen and oxygen atoms in total. The van der Waals surface area contributed by atoms with Crippen LogP contribution < -0.4 is 14.8 Å². The molecule has 128 valence electrons. The zero-order valence-corrected chi connectivity index (χ0v) is 15.4. The van der Waals surface area contributed by atoms with Gasteiger partial charge in [-0.15, -0.1) is 5.10 Å². The number of benzene rings is 2. The topological polar surface area (TPSA) is 56.3 Å². The molecule has 0 unspecified atom stereocenters. The molecule has 0 amide bonds. The first-order valence-electron chi connectivity index (χ1n) is 7.80. The van der Waals surface area contributed by atoms with Crippen molar-refractivity contribution in [2.24, 2.45) is 0 Å². The van der Waals surface area contributed by atoms with E-state index in [1.54, 1.807) is 13.3 Å². The van der Waals surface area contributed by atoms with E-state index in [9.17, 15) is 0 Å². The Hall–Kier alpha value is -2.60. The molecule has 0 aliphatic rings. The van der Waals surface area contributed by atoms with Crippen LogP contribution in [0.25, 0.3) is 0 Å². The Bertz CT molecular complexity index is 811. The average molecular weight is 400 g/mol. The number of hydrogen-bond acceptors (Lipinski definition) is 5. The van der Waals surface area contributed by atoms with Gasteiger partial charge in [-0.2, -0.15) is 5.10 Å². The molecule has 1 N–H and O–H groups in total. The second-order valence-corrected chi connectivity index (χ2v) is 6.28. The van der Waals surface area contributed by atoms with Gasteiger partial charge in [0.25, 0.3) is 0 Å². The van der Waals surface area contributed by atoms with E-state index in [2.05, 4.69) is 31.4 Å². The van der Waals surface area contributed by atoms with Gasteiger partial charge in [-0.3, -0.25) is 0 Å². The number of nitrogens with one attached hydrogen (secondary N) is 1. The number of ether oxygens (including phenoxy) is 2. The van der Waals surface area contributed by atoms with Gasteiger partial charge in [0, 0.05) is 17.2 Å². The predicted molar refractivity (Wildman–Crippen MR) is 101 cm³/mol. The Morgan fingerprint density at radius 1 is 1.00 bits per heavy atom. The van der Waals surface area contributed by atoms with Crippen molar-refractivity contribution in [2.75, 3.05) is 12.4 Å². The first-order chi connectivity index (χ1) is 12.2. The zero-order chi connectivity index (χ0) is 17.5. The van der Waals surface area contributed by atoms with Crippen molar-refractivity contribution in [3.63, 3.8) is 0 Å². The third-order valence-corrected chi connectivity index (χ3v) is 4.11. The third kappa shape index (κ3) is 4.93. The number of anilines is 1. The highest BCUT2D eigenvalue weighted by Crippen LogP contribution is 2.29. The van der Waals surface area contributed by atoms with E-state index in [-0.39, 0.29) is 0 Å². The molecule has 6 heteroatoms. The second-order valence-electron chi connectivity index (χ2n) is 5.36. The molecule has 0 aliphatic carbocycles. The van der Waals surface area contributed by atoms with Crippen molar-refractivity contribution < 1.29 is 9.47 Å². The van der Waals surface area contributed by atoms with Crippen LogP contribution >= 0.6 is 15.9 Å². The Labute approximate surface area is 155 Å². The minimum Gasteiger partial charge on any atom is -0.493 e. The average Bonchev–Trinajstić information content (AvgIpc) is 2.67. The van der Waals surface area contributed by atoms with Crippen LogP contribution in [0.5, 0.6) is 11.5 Å². The fourth-order valence-corrected chi connectivity index (χ4v) is 2.54. The molecule has 3 aromatic rings. The smallest absolute Gasteiger partial charge is 0.161 e. The first kappa shape index (κ1) is 17.2. The van der Waals surface area contributed by atoms with E-state index >= 15 is 0 Å². The fourth-order valence-electron chi connectivity index (χ4n) is 2.27. The first-order valence-corrected chi connectivity index (χ1v) is 8.59. The van der Waals surface area contributed by atoms with E-state index in [4.69, 9.17) is 9.47 Å². The summed E-state index contributed by atoms with van der Waals surface area (Å²) in [5.74, 6) is 2.15. The third-order valence-electron chi connectivity index (χ3n) is 3.58. The molecular weight excluding hydrogens is 382 g/mol. The number of halogens is 1. The van der Waals surface area contributed by atoms with E-state index in [0.29, 0.717) is 24.7 Å². The van der Waals surface area contributed by atoms with Gasteiger partial charge in [0.2, 0.25) is 0 Å². The fraction of sp³-hybridized carbons (Fsp3) is 0.158. The van der Waals surface area contributed by atoms with Crippen LogP contribution in [-0.4, -0.2) is 17.3 Å². The van der Waals surface area contributed by atoms with Crippen LogP contribution in [-0.2, 0) is 13.2 Å². The Morgan fingerprint density at radius 2 is 1.80 bits per heavy atom. The maximum atomic E-state index is 5.89. The SMILES string of the molecule is COc1cc(CNc2cccnn2)ccc1OCc1ccc(Br)cc1. The zero-order valence-electron chi connectivity index (χ0n) is 13.8. The summed E-state index contributed by atoms with van der Waals surface area (Å²) in [6.07, 6.45) is 1.64. The Kier molecular flexibility index (Phi) is 5.85. The van der Waals surface area contributed by atoms with Gasteiger partial charge in [-0.25, -0.2) is 0 Å². The van der Waals surface area contributed by atoms with E-state index in [1.807, 2.05) is 54.6 Å². The number of rotatable bonds is 7. The summed E-state index contributed by atoms with van der Waals surface area (Å²) in [4.78, 5) is 0. The van der Waals surface area contributed by atoms with Gasteiger partial charge in [0.15, 0.2) is 11.5 Å². The Balaban J connectivity index is 1.63. The van der Waals surface area contributed by atoms with Crippen molar-refractivity contribution in [3.8, 4) is 11.5 Å². The van der Waals surface area contributed by atoms with Gasteiger partial charge >= 0.3 is 0 Å². The van der Waals surface area contributed by atoms with Crippen LogP contribution in [0.4, 0.5) is 5.82 Å². The molecule has 0 bridgehead atoms. The van der Waals surface area contributed by atoms with Crippen molar-refractivity contribution in [1.82, 2.24) is 10.2 Å². The second kappa shape index (κ2) is 8.48. The monoisotopic (exact) mass is 399 g/mol. The standard InChI is InChI=1S/C19H18BrN3O2/c1-24-18-11-15(12-21-19-3-2-10-22-23-19)6-9-17(18)25-13-14-4-7-16(20)8-5-14/h2-11H,12-13H2,1H3,(H,21,23). The van der Waals surface area contributed by atoms with Gasteiger partial charge in [-0.1, -0.05) is 34.1 Å². The summed E-state index contributed by atoms with van der Waals surface area (Å²) >= 11 is 3.43. The van der Waals surface area contributed by atoms with E-state index < -0.39 is 0 Å². The highest BCUT2D eigenvalue weighted by Gasteiger charge is 2.07. The molecule has 0 spiro atoms. The molecule has 0 atom stereocenters. The molecule has 0 saturated carbocycles. The largest absolute Gasteiger partial charge is 0.493 e. The maximum Gasteiger partial charge on any atom is 0.161 e. The van der Waals surface area contributed by atoms with Crippen LogP contribution in [0.1, 0.15) is 11.1 Å². The lowest BCUT2D eigenvalue weighted by Gasteiger charge is -2.13. The molecule has 1 heterocycles. The van der Waals surface area contributed by atoms with E-state index in [1.165, 1.54) is 0 Å². The van der Waals surface area contributed by atoms with Crippen LogP contribution in [0.2, 0.25) is 0 Å². The van der Waals surface area contributed by atoms with Gasteiger partial charge < -0.3 is 14.8 Å².